The molecule has 2 aromatic rings. The second kappa shape index (κ2) is 15.6. The summed E-state index contributed by atoms with van der Waals surface area (Å²) < 4.78 is 5.73. The third-order valence-corrected chi connectivity index (χ3v) is 8.24. The lowest BCUT2D eigenvalue weighted by atomic mass is 9.78. The van der Waals surface area contributed by atoms with Crippen LogP contribution in [0.1, 0.15) is 126 Å². The Morgan fingerprint density at radius 2 is 1.57 bits per heavy atom. The Labute approximate surface area is 225 Å². The molecule has 0 spiro atoms. The Kier molecular flexibility index (Phi) is 12.2. The van der Waals surface area contributed by atoms with Gasteiger partial charge in [0, 0.05) is 0 Å². The van der Waals surface area contributed by atoms with Gasteiger partial charge in [0.15, 0.2) is 0 Å². The van der Waals surface area contributed by atoms with E-state index in [2.05, 4.69) is 51.1 Å². The predicted molar refractivity (Wildman–Crippen MR) is 153 cm³/mol. The van der Waals surface area contributed by atoms with E-state index in [0.717, 1.165) is 44.1 Å². The standard InChI is InChI=1S/C34H47NO2/c1-4-6-7-8-9-10-11-12-27-13-16-29(17-14-27)30-18-20-31(21-19-30)34(36)37-33-22-15-28(23-26(3)5-2)24-32(33)25-35/h13-17,22,24,26,30-31H,4-12,18-21,23H2,1-3H3. The summed E-state index contributed by atoms with van der Waals surface area (Å²) in [6.07, 6.45) is 16.4. The number of carbonyl (C=O) groups is 1. The van der Waals surface area contributed by atoms with Gasteiger partial charge in [-0.25, -0.2) is 0 Å². The summed E-state index contributed by atoms with van der Waals surface area (Å²) in [6, 6.07) is 17.1. The number of rotatable bonds is 14. The molecule has 0 bridgehead atoms. The summed E-state index contributed by atoms with van der Waals surface area (Å²) >= 11 is 0. The van der Waals surface area contributed by atoms with Crippen molar-refractivity contribution in [2.24, 2.45) is 11.8 Å². The normalized spacial score (nSPS) is 18.2. The van der Waals surface area contributed by atoms with E-state index in [4.69, 9.17) is 4.74 Å². The molecule has 1 atom stereocenters. The van der Waals surface area contributed by atoms with Crippen molar-refractivity contribution in [1.82, 2.24) is 0 Å². The van der Waals surface area contributed by atoms with E-state index in [1.54, 1.807) is 6.07 Å². The van der Waals surface area contributed by atoms with Gasteiger partial charge in [-0.3, -0.25) is 4.79 Å². The van der Waals surface area contributed by atoms with Crippen LogP contribution in [-0.4, -0.2) is 5.97 Å². The molecule has 3 rings (SSSR count). The predicted octanol–water partition coefficient (Wildman–Crippen LogP) is 9.32. The molecule has 1 fully saturated rings. The molecular weight excluding hydrogens is 454 g/mol. The third-order valence-electron chi connectivity index (χ3n) is 8.24. The van der Waals surface area contributed by atoms with Crippen LogP contribution in [0.15, 0.2) is 42.5 Å². The Bertz CT molecular complexity index is 995. The number of unbranched alkanes of at least 4 members (excludes halogenated alkanes) is 6. The first-order chi connectivity index (χ1) is 18.0. The minimum atomic E-state index is -0.185. The SMILES string of the molecule is CCCCCCCCCc1ccc(C2CCC(C(=O)Oc3ccc(CC(C)CC)cc3C#N)CC2)cc1. The maximum absolute atomic E-state index is 12.9. The van der Waals surface area contributed by atoms with E-state index in [1.807, 2.05) is 12.1 Å². The highest BCUT2D eigenvalue weighted by Gasteiger charge is 2.29. The minimum Gasteiger partial charge on any atom is -0.425 e. The number of hydrogen-bond donors (Lipinski definition) is 0. The van der Waals surface area contributed by atoms with Crippen LogP contribution in [0.3, 0.4) is 0 Å². The first-order valence-corrected chi connectivity index (χ1v) is 14.9. The fourth-order valence-corrected chi connectivity index (χ4v) is 5.52. The van der Waals surface area contributed by atoms with Crippen molar-refractivity contribution in [3.05, 3.63) is 64.7 Å². The molecule has 1 saturated carbocycles. The zero-order valence-corrected chi connectivity index (χ0v) is 23.4. The first kappa shape index (κ1) is 29.0. The maximum Gasteiger partial charge on any atom is 0.314 e. The van der Waals surface area contributed by atoms with E-state index in [0.29, 0.717) is 23.1 Å². The lowest BCUT2D eigenvalue weighted by Crippen LogP contribution is -2.25. The molecule has 0 radical (unpaired) electrons. The van der Waals surface area contributed by atoms with Gasteiger partial charge in [0.25, 0.3) is 0 Å². The van der Waals surface area contributed by atoms with Crippen molar-refractivity contribution in [3.8, 4) is 11.8 Å². The van der Waals surface area contributed by atoms with Crippen molar-refractivity contribution in [2.45, 2.75) is 117 Å². The smallest absolute Gasteiger partial charge is 0.314 e. The van der Waals surface area contributed by atoms with Crippen molar-refractivity contribution in [1.29, 1.82) is 5.26 Å². The Hall–Kier alpha value is -2.60. The topological polar surface area (TPSA) is 50.1 Å². The van der Waals surface area contributed by atoms with Gasteiger partial charge in [-0.1, -0.05) is 96.0 Å². The van der Waals surface area contributed by atoms with Crippen LogP contribution in [0, 0.1) is 23.2 Å². The molecule has 0 aliphatic heterocycles. The van der Waals surface area contributed by atoms with Crippen LogP contribution < -0.4 is 4.74 Å². The maximum atomic E-state index is 12.9. The van der Waals surface area contributed by atoms with Crippen LogP contribution in [0.25, 0.3) is 0 Å². The number of carbonyl (C=O) groups excluding carboxylic acids is 1. The molecule has 3 heteroatoms. The second-order valence-corrected chi connectivity index (χ2v) is 11.2. The highest BCUT2D eigenvalue weighted by molar-refractivity contribution is 5.76. The lowest BCUT2D eigenvalue weighted by Gasteiger charge is -2.27. The summed E-state index contributed by atoms with van der Waals surface area (Å²) in [5, 5.41) is 9.60. The van der Waals surface area contributed by atoms with Gasteiger partial charge in [-0.15, -0.1) is 0 Å². The Balaban J connectivity index is 1.43. The summed E-state index contributed by atoms with van der Waals surface area (Å²) in [5.41, 5.74) is 4.43. The number of esters is 1. The van der Waals surface area contributed by atoms with Crippen LogP contribution in [0.4, 0.5) is 0 Å². The molecule has 1 aliphatic carbocycles. The fourth-order valence-electron chi connectivity index (χ4n) is 5.52. The highest BCUT2D eigenvalue weighted by atomic mass is 16.5. The van der Waals surface area contributed by atoms with E-state index in [9.17, 15) is 10.1 Å². The molecule has 0 amide bonds. The van der Waals surface area contributed by atoms with Gasteiger partial charge in [-0.2, -0.15) is 5.26 Å². The lowest BCUT2D eigenvalue weighted by molar-refractivity contribution is -0.140. The number of ether oxygens (including phenoxy) is 1. The van der Waals surface area contributed by atoms with Crippen molar-refractivity contribution in [2.75, 3.05) is 0 Å². The minimum absolute atomic E-state index is 0.0841. The average molecular weight is 502 g/mol. The number of nitrogens with zero attached hydrogens (tertiary/aromatic N) is 1. The van der Waals surface area contributed by atoms with Gasteiger partial charge in [0.1, 0.15) is 11.8 Å². The van der Waals surface area contributed by atoms with Gasteiger partial charge in [0.05, 0.1) is 11.5 Å². The molecule has 1 aliphatic rings. The average Bonchev–Trinajstić information content (AvgIpc) is 2.93. The molecule has 3 nitrogen and oxygen atoms in total. The van der Waals surface area contributed by atoms with Crippen molar-refractivity contribution in [3.63, 3.8) is 0 Å². The molecule has 0 N–H and O–H groups in total. The van der Waals surface area contributed by atoms with Crippen LogP contribution in [0.2, 0.25) is 0 Å². The largest absolute Gasteiger partial charge is 0.425 e. The zero-order valence-electron chi connectivity index (χ0n) is 23.4. The fraction of sp³-hybridized carbons (Fsp3) is 0.588. The van der Waals surface area contributed by atoms with Gasteiger partial charge in [-0.05, 0) is 85.6 Å². The number of hydrogen-bond acceptors (Lipinski definition) is 3. The molecule has 1 unspecified atom stereocenters. The van der Waals surface area contributed by atoms with Crippen molar-refractivity contribution >= 4 is 5.97 Å². The number of nitriles is 1. The summed E-state index contributed by atoms with van der Waals surface area (Å²) in [5.74, 6) is 1.22. The molecule has 37 heavy (non-hydrogen) atoms. The van der Waals surface area contributed by atoms with Crippen LogP contribution in [0.5, 0.6) is 5.75 Å². The monoisotopic (exact) mass is 501 g/mol. The van der Waals surface area contributed by atoms with Crippen LogP contribution in [-0.2, 0) is 17.6 Å². The number of aryl methyl sites for hydroxylation is 1. The molecule has 200 valence electrons. The van der Waals surface area contributed by atoms with E-state index < -0.39 is 0 Å². The summed E-state index contributed by atoms with van der Waals surface area (Å²) in [6.45, 7) is 6.65. The molecule has 0 aromatic heterocycles. The quantitative estimate of drug-likeness (QED) is 0.147. The van der Waals surface area contributed by atoms with Gasteiger partial charge in [0.2, 0.25) is 0 Å². The summed E-state index contributed by atoms with van der Waals surface area (Å²) in [7, 11) is 0. The Morgan fingerprint density at radius 3 is 2.22 bits per heavy atom. The molecule has 2 aromatic carbocycles. The van der Waals surface area contributed by atoms with Crippen LogP contribution >= 0.6 is 0 Å². The van der Waals surface area contributed by atoms with E-state index in [-0.39, 0.29) is 11.9 Å². The van der Waals surface area contributed by atoms with E-state index in [1.165, 1.54) is 62.5 Å². The van der Waals surface area contributed by atoms with Gasteiger partial charge >= 0.3 is 5.97 Å². The zero-order chi connectivity index (χ0) is 26.5. The first-order valence-electron chi connectivity index (χ1n) is 14.9. The van der Waals surface area contributed by atoms with Gasteiger partial charge < -0.3 is 4.74 Å². The Morgan fingerprint density at radius 1 is 0.919 bits per heavy atom. The third kappa shape index (κ3) is 9.33. The van der Waals surface area contributed by atoms with Crippen molar-refractivity contribution < 1.29 is 9.53 Å². The number of benzene rings is 2. The molecule has 0 heterocycles. The molecule has 0 saturated heterocycles. The second-order valence-electron chi connectivity index (χ2n) is 11.2. The summed E-state index contributed by atoms with van der Waals surface area (Å²) in [4.78, 5) is 12.9. The van der Waals surface area contributed by atoms with E-state index >= 15 is 0 Å². The molecular formula is C34H47NO2. The highest BCUT2D eigenvalue weighted by Crippen LogP contribution is 2.37.